The first-order valence-electron chi connectivity index (χ1n) is 8.85. The van der Waals surface area contributed by atoms with Crippen molar-refractivity contribution in [3.63, 3.8) is 0 Å². The van der Waals surface area contributed by atoms with Gasteiger partial charge in [0.15, 0.2) is 12.4 Å². The van der Waals surface area contributed by atoms with Gasteiger partial charge in [-0.2, -0.15) is 5.10 Å². The molecule has 0 aliphatic carbocycles. The fourth-order valence-electron chi connectivity index (χ4n) is 2.71. The van der Waals surface area contributed by atoms with E-state index in [1.54, 1.807) is 19.1 Å². The molecule has 0 aliphatic heterocycles. The van der Waals surface area contributed by atoms with Crippen LogP contribution in [0.2, 0.25) is 5.15 Å². The minimum absolute atomic E-state index is 0.00350. The summed E-state index contributed by atoms with van der Waals surface area (Å²) in [5.74, 6) is -1.86. The van der Waals surface area contributed by atoms with E-state index in [-0.39, 0.29) is 16.6 Å². The Morgan fingerprint density at radius 3 is 2.33 bits per heavy atom. The van der Waals surface area contributed by atoms with Crippen molar-refractivity contribution in [1.29, 1.82) is 0 Å². The highest BCUT2D eigenvalue weighted by Gasteiger charge is 2.23. The van der Waals surface area contributed by atoms with E-state index in [4.69, 9.17) is 16.3 Å². The topological polar surface area (TPSA) is 90.3 Å². The minimum atomic E-state index is -0.797. The number of Topliss-reactive ketones (excluding diaryl/α,β-unsaturated/α-hetero) is 1. The number of benzene rings is 2. The number of carbonyl (C=O) groups is 3. The number of aromatic nitrogens is 2. The van der Waals surface area contributed by atoms with Crippen LogP contribution in [0.4, 0.5) is 10.1 Å². The van der Waals surface area contributed by atoms with Gasteiger partial charge in [-0.25, -0.2) is 13.9 Å². The number of esters is 1. The fourth-order valence-corrected chi connectivity index (χ4v) is 3.06. The Labute approximate surface area is 176 Å². The summed E-state index contributed by atoms with van der Waals surface area (Å²) in [6, 6.07) is 11.6. The third-order valence-electron chi connectivity index (χ3n) is 4.14. The number of amides is 1. The molecule has 3 aromatic rings. The van der Waals surface area contributed by atoms with Crippen molar-refractivity contribution in [3.8, 4) is 5.69 Å². The van der Waals surface area contributed by atoms with Crippen LogP contribution in [0.1, 0.15) is 33.3 Å². The van der Waals surface area contributed by atoms with Crippen LogP contribution in [0, 0.1) is 12.7 Å². The molecule has 0 aliphatic rings. The number of hydrogen-bond donors (Lipinski definition) is 1. The van der Waals surface area contributed by atoms with Crippen LogP contribution in [-0.2, 0) is 9.53 Å². The highest BCUT2D eigenvalue weighted by Crippen LogP contribution is 2.24. The first-order valence-corrected chi connectivity index (χ1v) is 9.23. The molecule has 154 valence electrons. The van der Waals surface area contributed by atoms with Crippen molar-refractivity contribution >= 4 is 34.9 Å². The van der Waals surface area contributed by atoms with Crippen LogP contribution in [0.5, 0.6) is 0 Å². The average Bonchev–Trinajstić information content (AvgIpc) is 3.00. The summed E-state index contributed by atoms with van der Waals surface area (Å²) in [7, 11) is 0. The molecule has 0 saturated heterocycles. The van der Waals surface area contributed by atoms with E-state index >= 15 is 0 Å². The molecule has 0 saturated carbocycles. The SMILES string of the molecule is CC(=O)Nc1ccc(C(=O)COC(=O)c2c(C)nn(-c3ccc(F)cc3)c2Cl)cc1. The van der Waals surface area contributed by atoms with Gasteiger partial charge in [-0.15, -0.1) is 0 Å². The average molecular weight is 430 g/mol. The Morgan fingerprint density at radius 2 is 1.73 bits per heavy atom. The first kappa shape index (κ1) is 21.2. The molecule has 1 heterocycles. The van der Waals surface area contributed by atoms with Crippen molar-refractivity contribution in [2.45, 2.75) is 13.8 Å². The number of aryl methyl sites for hydroxylation is 1. The van der Waals surface area contributed by atoms with Crippen molar-refractivity contribution < 1.29 is 23.5 Å². The van der Waals surface area contributed by atoms with E-state index in [1.807, 2.05) is 0 Å². The van der Waals surface area contributed by atoms with Crippen LogP contribution >= 0.6 is 11.6 Å². The molecule has 3 rings (SSSR count). The highest BCUT2D eigenvalue weighted by molar-refractivity contribution is 6.33. The largest absolute Gasteiger partial charge is 0.454 e. The third kappa shape index (κ3) is 4.72. The number of carbonyl (C=O) groups excluding carboxylic acids is 3. The van der Waals surface area contributed by atoms with Gasteiger partial charge in [0.25, 0.3) is 0 Å². The maximum absolute atomic E-state index is 13.1. The third-order valence-corrected chi connectivity index (χ3v) is 4.49. The monoisotopic (exact) mass is 429 g/mol. The van der Waals surface area contributed by atoms with Gasteiger partial charge in [-0.3, -0.25) is 9.59 Å². The number of ether oxygens (including phenoxy) is 1. The maximum atomic E-state index is 13.1. The second-order valence-corrected chi connectivity index (χ2v) is 6.76. The van der Waals surface area contributed by atoms with Crippen LogP contribution < -0.4 is 5.32 Å². The van der Waals surface area contributed by atoms with Crippen molar-refractivity contribution in [2.24, 2.45) is 0 Å². The lowest BCUT2D eigenvalue weighted by Crippen LogP contribution is -2.15. The van der Waals surface area contributed by atoms with Crippen molar-refractivity contribution in [3.05, 3.63) is 76.3 Å². The van der Waals surface area contributed by atoms with Gasteiger partial charge in [0.2, 0.25) is 5.91 Å². The van der Waals surface area contributed by atoms with Crippen LogP contribution in [0.3, 0.4) is 0 Å². The molecule has 7 nitrogen and oxygen atoms in total. The molecule has 0 atom stereocenters. The number of rotatable bonds is 6. The van der Waals surface area contributed by atoms with Crippen LogP contribution in [0.15, 0.2) is 48.5 Å². The molecule has 2 aromatic carbocycles. The van der Waals surface area contributed by atoms with Crippen LogP contribution in [0.25, 0.3) is 5.69 Å². The number of anilines is 1. The molecule has 1 N–H and O–H groups in total. The standard InChI is InChI=1S/C21H17ClFN3O4/c1-12-19(20(22)26(25-12)17-9-5-15(23)6-10-17)21(29)30-11-18(28)14-3-7-16(8-4-14)24-13(2)27/h3-10H,11H2,1-2H3,(H,24,27). The van der Waals surface area contributed by atoms with Gasteiger partial charge >= 0.3 is 5.97 Å². The van der Waals surface area contributed by atoms with E-state index in [0.29, 0.717) is 22.6 Å². The Morgan fingerprint density at radius 1 is 1.10 bits per heavy atom. The van der Waals surface area contributed by atoms with Gasteiger partial charge in [-0.05, 0) is 55.5 Å². The lowest BCUT2D eigenvalue weighted by Gasteiger charge is -2.06. The molecule has 9 heteroatoms. The minimum Gasteiger partial charge on any atom is -0.454 e. The Bertz CT molecular complexity index is 1110. The zero-order valence-corrected chi connectivity index (χ0v) is 16.9. The van der Waals surface area contributed by atoms with Gasteiger partial charge in [0, 0.05) is 18.2 Å². The second-order valence-electron chi connectivity index (χ2n) is 6.40. The summed E-state index contributed by atoms with van der Waals surface area (Å²) in [5.41, 5.74) is 1.67. The summed E-state index contributed by atoms with van der Waals surface area (Å²) >= 11 is 6.28. The summed E-state index contributed by atoms with van der Waals surface area (Å²) in [4.78, 5) is 35.8. The number of ketones is 1. The van der Waals surface area contributed by atoms with Gasteiger partial charge < -0.3 is 10.1 Å². The van der Waals surface area contributed by atoms with E-state index in [0.717, 1.165) is 0 Å². The fraction of sp³-hybridized carbons (Fsp3) is 0.143. The molecule has 1 amide bonds. The highest BCUT2D eigenvalue weighted by atomic mass is 35.5. The Hall–Kier alpha value is -3.52. The second kappa shape index (κ2) is 8.87. The van der Waals surface area contributed by atoms with Gasteiger partial charge in [0.1, 0.15) is 16.5 Å². The van der Waals surface area contributed by atoms with E-state index in [1.165, 1.54) is 48.0 Å². The zero-order chi connectivity index (χ0) is 21.8. The lowest BCUT2D eigenvalue weighted by atomic mass is 10.1. The van der Waals surface area contributed by atoms with E-state index in [2.05, 4.69) is 10.4 Å². The summed E-state index contributed by atoms with van der Waals surface area (Å²) < 4.78 is 19.5. The first-order chi connectivity index (χ1) is 14.3. The molecule has 0 fully saturated rings. The van der Waals surface area contributed by atoms with Crippen LogP contribution in [-0.4, -0.2) is 34.0 Å². The molecule has 0 spiro atoms. The number of halogens is 2. The quantitative estimate of drug-likeness (QED) is 0.473. The normalized spacial score (nSPS) is 10.5. The molecule has 30 heavy (non-hydrogen) atoms. The van der Waals surface area contributed by atoms with Gasteiger partial charge in [0.05, 0.1) is 11.4 Å². The number of hydrogen-bond acceptors (Lipinski definition) is 5. The summed E-state index contributed by atoms with van der Waals surface area (Å²) in [6.07, 6.45) is 0. The summed E-state index contributed by atoms with van der Waals surface area (Å²) in [6.45, 7) is 2.46. The van der Waals surface area contributed by atoms with Crippen molar-refractivity contribution in [1.82, 2.24) is 9.78 Å². The molecule has 0 radical (unpaired) electrons. The molecule has 0 bridgehead atoms. The smallest absolute Gasteiger partial charge is 0.343 e. The van der Waals surface area contributed by atoms with E-state index < -0.39 is 24.2 Å². The lowest BCUT2D eigenvalue weighted by molar-refractivity contribution is -0.114. The summed E-state index contributed by atoms with van der Waals surface area (Å²) in [5, 5.41) is 6.78. The number of nitrogens with one attached hydrogen (secondary N) is 1. The number of nitrogens with zero attached hydrogens (tertiary/aromatic N) is 2. The zero-order valence-electron chi connectivity index (χ0n) is 16.1. The predicted molar refractivity (Wildman–Crippen MR) is 109 cm³/mol. The molecule has 1 aromatic heterocycles. The molecule has 0 unspecified atom stereocenters. The van der Waals surface area contributed by atoms with Gasteiger partial charge in [-0.1, -0.05) is 11.6 Å². The molecular weight excluding hydrogens is 413 g/mol. The van der Waals surface area contributed by atoms with Crippen molar-refractivity contribution in [2.75, 3.05) is 11.9 Å². The Kier molecular flexibility index (Phi) is 6.27. The predicted octanol–water partition coefficient (Wildman–Crippen LogP) is 3.97. The Balaban J connectivity index is 1.69. The van der Waals surface area contributed by atoms with E-state index in [9.17, 15) is 18.8 Å². The maximum Gasteiger partial charge on any atom is 0.343 e. The molecular formula is C21H17ClFN3O4.